The molecule has 1 aliphatic heterocycles. The molecule has 9 nitrogen and oxygen atoms in total. The molecule has 0 saturated heterocycles. The average molecular weight is 487 g/mol. The molecule has 0 radical (unpaired) electrons. The van der Waals surface area contributed by atoms with Crippen LogP contribution in [0.4, 0.5) is 17.2 Å². The number of nitro groups is 1. The van der Waals surface area contributed by atoms with Gasteiger partial charge >= 0.3 is 0 Å². The lowest BCUT2D eigenvalue weighted by Crippen LogP contribution is -2.33. The Morgan fingerprint density at radius 1 is 1.17 bits per heavy atom. The normalized spacial score (nSPS) is 14.3. The van der Waals surface area contributed by atoms with Crippen molar-refractivity contribution in [3.63, 3.8) is 0 Å². The molecule has 2 aromatic carbocycles. The number of benzene rings is 2. The van der Waals surface area contributed by atoms with Gasteiger partial charge in [-0.05, 0) is 37.1 Å². The molecule has 10 heteroatoms. The topological polar surface area (TPSA) is 118 Å². The SMILES string of the molecule is CC1(C)Cc2c(C#N)c(Nc3ccccc3)n3c(SCc4ccc([N+](=O)[O-])cc4)nnc3c2CO1. The van der Waals surface area contributed by atoms with Crippen LogP contribution in [0.2, 0.25) is 0 Å². The van der Waals surface area contributed by atoms with E-state index in [1.54, 1.807) is 12.1 Å². The fraction of sp³-hybridized carbons (Fsp3) is 0.240. The van der Waals surface area contributed by atoms with Crippen molar-refractivity contribution in [1.82, 2.24) is 14.6 Å². The fourth-order valence-electron chi connectivity index (χ4n) is 4.15. The van der Waals surface area contributed by atoms with Gasteiger partial charge in [-0.1, -0.05) is 42.1 Å². The summed E-state index contributed by atoms with van der Waals surface area (Å²) in [5.74, 6) is 1.15. The molecular formula is C25H22N6O3S. The van der Waals surface area contributed by atoms with Gasteiger partial charge in [0, 0.05) is 35.6 Å². The Morgan fingerprint density at radius 2 is 1.91 bits per heavy atom. The minimum atomic E-state index is -0.416. The van der Waals surface area contributed by atoms with Crippen molar-refractivity contribution in [3.8, 4) is 6.07 Å². The van der Waals surface area contributed by atoms with Crippen LogP contribution in [0.1, 0.15) is 36.1 Å². The van der Waals surface area contributed by atoms with E-state index in [1.807, 2.05) is 48.6 Å². The minimum Gasteiger partial charge on any atom is -0.370 e. The van der Waals surface area contributed by atoms with Gasteiger partial charge in [0.25, 0.3) is 5.69 Å². The van der Waals surface area contributed by atoms with Crippen molar-refractivity contribution in [2.75, 3.05) is 5.32 Å². The highest BCUT2D eigenvalue weighted by atomic mass is 32.2. The molecule has 0 aliphatic carbocycles. The van der Waals surface area contributed by atoms with E-state index in [0.717, 1.165) is 22.4 Å². The summed E-state index contributed by atoms with van der Waals surface area (Å²) in [6.07, 6.45) is 0.587. The number of hydrogen-bond donors (Lipinski definition) is 1. The number of thioether (sulfide) groups is 1. The summed E-state index contributed by atoms with van der Waals surface area (Å²) < 4.78 is 7.93. The summed E-state index contributed by atoms with van der Waals surface area (Å²) in [5, 5.41) is 34.1. The maximum atomic E-state index is 10.9. The van der Waals surface area contributed by atoms with Gasteiger partial charge in [-0.25, -0.2) is 0 Å². The number of nitrogens with one attached hydrogen (secondary N) is 1. The van der Waals surface area contributed by atoms with Gasteiger partial charge in [0.15, 0.2) is 10.8 Å². The molecule has 0 atom stereocenters. The first-order chi connectivity index (χ1) is 16.9. The Balaban J connectivity index is 1.60. The molecule has 0 fully saturated rings. The summed E-state index contributed by atoms with van der Waals surface area (Å²) in [6, 6.07) is 18.5. The largest absolute Gasteiger partial charge is 0.370 e. The highest BCUT2D eigenvalue weighted by Crippen LogP contribution is 2.38. The average Bonchev–Trinajstić information content (AvgIpc) is 3.27. The lowest BCUT2D eigenvalue weighted by Gasteiger charge is -2.33. The van der Waals surface area contributed by atoms with E-state index in [2.05, 4.69) is 21.6 Å². The molecule has 35 heavy (non-hydrogen) atoms. The van der Waals surface area contributed by atoms with Crippen LogP contribution in [0.25, 0.3) is 5.65 Å². The number of aromatic nitrogens is 3. The predicted octanol–water partition coefficient (Wildman–Crippen LogP) is 5.40. The van der Waals surface area contributed by atoms with Crippen LogP contribution < -0.4 is 5.32 Å². The number of anilines is 2. The summed E-state index contributed by atoms with van der Waals surface area (Å²) >= 11 is 1.45. The Labute approximate surface area is 205 Å². The van der Waals surface area contributed by atoms with Gasteiger partial charge in [-0.15, -0.1) is 10.2 Å². The van der Waals surface area contributed by atoms with E-state index >= 15 is 0 Å². The Hall–Kier alpha value is -3.94. The quantitative estimate of drug-likeness (QED) is 0.219. The highest BCUT2D eigenvalue weighted by Gasteiger charge is 2.33. The number of pyridine rings is 1. The number of para-hydroxylation sites is 1. The van der Waals surface area contributed by atoms with E-state index in [-0.39, 0.29) is 5.69 Å². The molecule has 0 bridgehead atoms. The number of ether oxygens (including phenoxy) is 1. The second-order valence-corrected chi connectivity index (χ2v) is 9.81. The van der Waals surface area contributed by atoms with Gasteiger partial charge in [-0.3, -0.25) is 14.5 Å². The zero-order valence-corrected chi connectivity index (χ0v) is 20.0. The molecule has 0 amide bonds. The smallest absolute Gasteiger partial charge is 0.269 e. The van der Waals surface area contributed by atoms with Crippen LogP contribution in [0.15, 0.2) is 59.8 Å². The standard InChI is InChI=1S/C25H22N6O3S/c1-25(2)12-19-20(13-26)22(27-17-6-4-3-5-7-17)30-23(21(19)14-34-25)28-29-24(30)35-15-16-8-10-18(11-9-16)31(32)33/h3-11,27H,12,14-15H2,1-2H3. The van der Waals surface area contributed by atoms with Crippen LogP contribution in [-0.2, 0) is 23.5 Å². The van der Waals surface area contributed by atoms with Gasteiger partial charge in [0.2, 0.25) is 0 Å². The van der Waals surface area contributed by atoms with Crippen LogP contribution in [0.5, 0.6) is 0 Å². The van der Waals surface area contributed by atoms with Crippen molar-refractivity contribution in [3.05, 3.63) is 87.0 Å². The molecule has 0 spiro atoms. The predicted molar refractivity (Wildman–Crippen MR) is 133 cm³/mol. The summed E-state index contributed by atoms with van der Waals surface area (Å²) in [5.41, 5.74) is 4.41. The van der Waals surface area contributed by atoms with Gasteiger partial charge in [0.05, 0.1) is 22.7 Å². The summed E-state index contributed by atoms with van der Waals surface area (Å²) in [4.78, 5) is 10.5. The molecule has 2 aromatic heterocycles. The van der Waals surface area contributed by atoms with Gasteiger partial charge in [0.1, 0.15) is 11.9 Å². The molecule has 0 unspecified atom stereocenters. The van der Waals surface area contributed by atoms with Gasteiger partial charge < -0.3 is 10.1 Å². The number of rotatable bonds is 6. The van der Waals surface area contributed by atoms with Crippen LogP contribution >= 0.6 is 11.8 Å². The molecule has 0 saturated carbocycles. The van der Waals surface area contributed by atoms with Crippen molar-refractivity contribution in [1.29, 1.82) is 5.26 Å². The maximum absolute atomic E-state index is 10.9. The Morgan fingerprint density at radius 3 is 2.60 bits per heavy atom. The number of nitro benzene ring substituents is 1. The van der Waals surface area contributed by atoms with Crippen LogP contribution in [0.3, 0.4) is 0 Å². The second kappa shape index (κ2) is 9.02. The zero-order chi connectivity index (χ0) is 24.6. The van der Waals surface area contributed by atoms with Crippen molar-refractivity contribution >= 4 is 34.6 Å². The number of fused-ring (bicyclic) bond motifs is 3. The van der Waals surface area contributed by atoms with E-state index in [4.69, 9.17) is 4.74 Å². The van der Waals surface area contributed by atoms with Crippen LogP contribution in [0, 0.1) is 21.4 Å². The van der Waals surface area contributed by atoms with E-state index in [1.165, 1.54) is 23.9 Å². The number of nitriles is 1. The first-order valence-electron chi connectivity index (χ1n) is 11.0. The van der Waals surface area contributed by atoms with E-state index in [9.17, 15) is 15.4 Å². The van der Waals surface area contributed by atoms with Gasteiger partial charge in [-0.2, -0.15) is 5.26 Å². The van der Waals surface area contributed by atoms with Crippen molar-refractivity contribution in [2.24, 2.45) is 0 Å². The van der Waals surface area contributed by atoms with E-state index in [0.29, 0.717) is 41.0 Å². The Bertz CT molecular complexity index is 1460. The molecule has 1 aliphatic rings. The number of hydrogen-bond acceptors (Lipinski definition) is 8. The minimum absolute atomic E-state index is 0.0502. The third kappa shape index (κ3) is 4.43. The third-order valence-corrected chi connectivity index (χ3v) is 6.90. The van der Waals surface area contributed by atoms with Crippen molar-refractivity contribution < 1.29 is 9.66 Å². The summed E-state index contributed by atoms with van der Waals surface area (Å²) in [7, 11) is 0. The molecule has 176 valence electrons. The lowest BCUT2D eigenvalue weighted by atomic mass is 9.89. The molecule has 3 heterocycles. The third-order valence-electron chi connectivity index (χ3n) is 5.90. The molecular weight excluding hydrogens is 464 g/mol. The van der Waals surface area contributed by atoms with Crippen molar-refractivity contribution in [2.45, 2.75) is 43.4 Å². The maximum Gasteiger partial charge on any atom is 0.269 e. The molecule has 5 rings (SSSR count). The van der Waals surface area contributed by atoms with E-state index < -0.39 is 10.5 Å². The lowest BCUT2D eigenvalue weighted by molar-refractivity contribution is -0.384. The van der Waals surface area contributed by atoms with Crippen LogP contribution in [-0.4, -0.2) is 25.1 Å². The summed E-state index contributed by atoms with van der Waals surface area (Å²) in [6.45, 7) is 4.37. The second-order valence-electron chi connectivity index (χ2n) is 8.86. The Kier molecular flexibility index (Phi) is 5.88. The number of non-ortho nitro benzene ring substituents is 1. The fourth-order valence-corrected chi connectivity index (χ4v) is 5.04. The molecule has 4 aromatic rings. The molecule has 1 N–H and O–H groups in total. The number of nitrogens with zero attached hydrogens (tertiary/aromatic N) is 5. The monoisotopic (exact) mass is 486 g/mol. The first-order valence-corrected chi connectivity index (χ1v) is 12.0. The zero-order valence-electron chi connectivity index (χ0n) is 19.2. The highest BCUT2D eigenvalue weighted by molar-refractivity contribution is 7.98. The first kappa shape index (κ1) is 22.8.